The molecule has 0 atom stereocenters. The van der Waals surface area contributed by atoms with Gasteiger partial charge in [0, 0.05) is 12.2 Å². The highest BCUT2D eigenvalue weighted by Gasteiger charge is 2.29. The van der Waals surface area contributed by atoms with Gasteiger partial charge in [-0.15, -0.1) is 0 Å². The molecular formula is C22H18BrF3N2O3. The molecule has 31 heavy (non-hydrogen) atoms. The van der Waals surface area contributed by atoms with Gasteiger partial charge in [-0.2, -0.15) is 13.2 Å². The lowest BCUT2D eigenvalue weighted by Gasteiger charge is -2.09. The van der Waals surface area contributed by atoms with Crippen molar-refractivity contribution in [1.82, 2.24) is 5.32 Å². The second kappa shape index (κ2) is 9.82. The molecule has 0 aliphatic heterocycles. The minimum Gasteiger partial charge on any atom is -0.444 e. The molecule has 0 fully saturated rings. The quantitative estimate of drug-likeness (QED) is 0.473. The van der Waals surface area contributed by atoms with E-state index in [1.807, 2.05) is 0 Å². The van der Waals surface area contributed by atoms with E-state index in [0.717, 1.165) is 17.7 Å². The Morgan fingerprint density at radius 2 is 1.55 bits per heavy atom. The Kier molecular flexibility index (Phi) is 7.17. The third-order valence-electron chi connectivity index (χ3n) is 4.39. The van der Waals surface area contributed by atoms with Gasteiger partial charge in [-0.3, -0.25) is 9.59 Å². The van der Waals surface area contributed by atoms with Crippen molar-refractivity contribution in [2.75, 3.05) is 11.9 Å². The molecule has 0 saturated carbocycles. The van der Waals surface area contributed by atoms with E-state index in [1.54, 1.807) is 36.4 Å². The number of carbonyl (C=O) groups is 2. The van der Waals surface area contributed by atoms with Crippen LogP contribution in [0.4, 0.5) is 18.9 Å². The Labute approximate surface area is 184 Å². The zero-order valence-electron chi connectivity index (χ0n) is 16.1. The maximum atomic E-state index is 12.6. The van der Waals surface area contributed by atoms with Crippen LogP contribution in [0.25, 0.3) is 0 Å². The first-order valence-corrected chi connectivity index (χ1v) is 10.1. The van der Waals surface area contributed by atoms with Gasteiger partial charge >= 0.3 is 6.18 Å². The lowest BCUT2D eigenvalue weighted by Crippen LogP contribution is -2.27. The van der Waals surface area contributed by atoms with Crippen LogP contribution in [0.15, 0.2) is 69.8 Å². The van der Waals surface area contributed by atoms with E-state index in [1.165, 1.54) is 12.1 Å². The fourth-order valence-corrected chi connectivity index (χ4v) is 3.10. The zero-order valence-corrected chi connectivity index (χ0v) is 17.7. The van der Waals surface area contributed by atoms with Gasteiger partial charge in [0.2, 0.25) is 5.91 Å². The standard InChI is InChI=1S/C22H18BrF3N2O3/c23-19-10-9-18(31-19)21(30)28-17-7-3-15(4-8-17)13-20(29)27-12-11-14-1-5-16(6-2-14)22(24,25)26/h1-10H,11-13H2,(H,27,29)(H,28,30). The minimum absolute atomic E-state index is 0.145. The van der Waals surface area contributed by atoms with Gasteiger partial charge in [-0.1, -0.05) is 24.3 Å². The molecule has 0 aliphatic carbocycles. The molecule has 0 bridgehead atoms. The summed E-state index contributed by atoms with van der Waals surface area (Å²) in [6.07, 6.45) is -3.79. The monoisotopic (exact) mass is 494 g/mol. The Morgan fingerprint density at radius 1 is 0.903 bits per heavy atom. The predicted octanol–water partition coefficient (Wildman–Crippen LogP) is 5.21. The molecule has 2 N–H and O–H groups in total. The molecule has 2 amide bonds. The van der Waals surface area contributed by atoms with E-state index < -0.39 is 11.7 Å². The second-order valence-corrected chi connectivity index (χ2v) is 7.51. The molecule has 1 aromatic heterocycles. The number of rotatable bonds is 7. The molecule has 3 aromatic rings. The Hall–Kier alpha value is -3.07. The fourth-order valence-electron chi connectivity index (χ4n) is 2.79. The normalized spacial score (nSPS) is 11.2. The summed E-state index contributed by atoms with van der Waals surface area (Å²) < 4.78 is 43.3. The van der Waals surface area contributed by atoms with Crippen LogP contribution in [-0.4, -0.2) is 18.4 Å². The fraction of sp³-hybridized carbons (Fsp3) is 0.182. The smallest absolute Gasteiger partial charge is 0.416 e. The van der Waals surface area contributed by atoms with E-state index in [4.69, 9.17) is 4.42 Å². The summed E-state index contributed by atoms with van der Waals surface area (Å²) >= 11 is 3.13. The molecule has 2 aromatic carbocycles. The van der Waals surface area contributed by atoms with Gasteiger partial charge in [0.25, 0.3) is 5.91 Å². The van der Waals surface area contributed by atoms with Gasteiger partial charge in [0.15, 0.2) is 10.4 Å². The average molecular weight is 495 g/mol. The average Bonchev–Trinajstić information content (AvgIpc) is 3.16. The van der Waals surface area contributed by atoms with Crippen molar-refractivity contribution in [3.05, 3.63) is 87.8 Å². The first-order chi connectivity index (χ1) is 14.7. The van der Waals surface area contributed by atoms with Crippen LogP contribution in [0.3, 0.4) is 0 Å². The maximum Gasteiger partial charge on any atom is 0.416 e. The van der Waals surface area contributed by atoms with Crippen LogP contribution in [-0.2, 0) is 23.8 Å². The Bertz CT molecular complexity index is 1050. The van der Waals surface area contributed by atoms with Gasteiger partial charge < -0.3 is 15.1 Å². The van der Waals surface area contributed by atoms with E-state index in [2.05, 4.69) is 26.6 Å². The number of alkyl halides is 3. The highest BCUT2D eigenvalue weighted by Crippen LogP contribution is 2.29. The molecule has 0 unspecified atom stereocenters. The number of hydrogen-bond donors (Lipinski definition) is 2. The summed E-state index contributed by atoms with van der Waals surface area (Å²) in [5.74, 6) is -0.424. The first kappa shape index (κ1) is 22.6. The summed E-state index contributed by atoms with van der Waals surface area (Å²) in [6.45, 7) is 0.317. The van der Waals surface area contributed by atoms with Crippen molar-refractivity contribution < 1.29 is 27.2 Å². The highest BCUT2D eigenvalue weighted by molar-refractivity contribution is 9.10. The molecule has 0 saturated heterocycles. The maximum absolute atomic E-state index is 12.6. The number of anilines is 1. The largest absolute Gasteiger partial charge is 0.444 e. The van der Waals surface area contributed by atoms with Crippen molar-refractivity contribution >= 4 is 33.4 Å². The summed E-state index contributed by atoms with van der Waals surface area (Å²) in [5, 5.41) is 5.44. The van der Waals surface area contributed by atoms with Gasteiger partial charge in [0.05, 0.1) is 12.0 Å². The van der Waals surface area contributed by atoms with E-state index in [0.29, 0.717) is 28.9 Å². The zero-order chi connectivity index (χ0) is 22.4. The summed E-state index contributed by atoms with van der Waals surface area (Å²) in [5.41, 5.74) is 1.32. The van der Waals surface area contributed by atoms with Crippen molar-refractivity contribution in [3.63, 3.8) is 0 Å². The Morgan fingerprint density at radius 3 is 2.13 bits per heavy atom. The van der Waals surface area contributed by atoms with E-state index in [9.17, 15) is 22.8 Å². The van der Waals surface area contributed by atoms with Crippen molar-refractivity contribution in [1.29, 1.82) is 0 Å². The summed E-state index contributed by atoms with van der Waals surface area (Å²) in [6, 6.07) is 14.8. The summed E-state index contributed by atoms with van der Waals surface area (Å²) in [4.78, 5) is 24.1. The van der Waals surface area contributed by atoms with Crippen LogP contribution in [0.2, 0.25) is 0 Å². The third-order valence-corrected chi connectivity index (χ3v) is 4.82. The number of hydrogen-bond acceptors (Lipinski definition) is 3. The minimum atomic E-state index is -4.36. The van der Waals surface area contributed by atoms with Crippen molar-refractivity contribution in [3.8, 4) is 0 Å². The Balaban J connectivity index is 1.43. The second-order valence-electron chi connectivity index (χ2n) is 6.73. The lowest BCUT2D eigenvalue weighted by atomic mass is 10.1. The highest BCUT2D eigenvalue weighted by atomic mass is 79.9. The van der Waals surface area contributed by atoms with Crippen LogP contribution < -0.4 is 10.6 Å². The molecule has 0 spiro atoms. The molecule has 3 rings (SSSR count). The van der Waals surface area contributed by atoms with Crippen molar-refractivity contribution in [2.45, 2.75) is 19.0 Å². The van der Waals surface area contributed by atoms with E-state index >= 15 is 0 Å². The first-order valence-electron chi connectivity index (χ1n) is 9.29. The molecular weight excluding hydrogens is 477 g/mol. The van der Waals surface area contributed by atoms with Gasteiger partial charge in [-0.05, 0) is 69.9 Å². The number of nitrogens with one attached hydrogen (secondary N) is 2. The number of amides is 2. The number of furan rings is 1. The predicted molar refractivity (Wildman–Crippen MR) is 113 cm³/mol. The summed E-state index contributed by atoms with van der Waals surface area (Å²) in [7, 11) is 0. The third kappa shape index (κ3) is 6.71. The molecule has 1 heterocycles. The number of benzene rings is 2. The van der Waals surface area contributed by atoms with Crippen LogP contribution in [0, 0.1) is 0 Å². The SMILES string of the molecule is O=C(Cc1ccc(NC(=O)c2ccc(Br)o2)cc1)NCCc1ccc(C(F)(F)F)cc1. The lowest BCUT2D eigenvalue weighted by molar-refractivity contribution is -0.137. The van der Waals surface area contributed by atoms with E-state index in [-0.39, 0.29) is 24.0 Å². The van der Waals surface area contributed by atoms with Crippen LogP contribution in [0.1, 0.15) is 27.2 Å². The van der Waals surface area contributed by atoms with Crippen LogP contribution >= 0.6 is 15.9 Å². The molecule has 5 nitrogen and oxygen atoms in total. The topological polar surface area (TPSA) is 71.3 Å². The molecule has 162 valence electrons. The van der Waals surface area contributed by atoms with Crippen LogP contribution in [0.5, 0.6) is 0 Å². The van der Waals surface area contributed by atoms with Crippen molar-refractivity contribution in [2.24, 2.45) is 0 Å². The molecule has 0 aliphatic rings. The number of halogens is 4. The van der Waals surface area contributed by atoms with Gasteiger partial charge in [-0.25, -0.2) is 0 Å². The molecule has 0 radical (unpaired) electrons. The van der Waals surface area contributed by atoms with Gasteiger partial charge in [0.1, 0.15) is 0 Å². The number of carbonyl (C=O) groups excluding carboxylic acids is 2. The molecule has 9 heteroatoms.